The van der Waals surface area contributed by atoms with Crippen LogP contribution in [0.5, 0.6) is 0 Å². The fourth-order valence-electron chi connectivity index (χ4n) is 2.05. The summed E-state index contributed by atoms with van der Waals surface area (Å²) in [4.78, 5) is 18.5. The maximum absolute atomic E-state index is 12.5. The summed E-state index contributed by atoms with van der Waals surface area (Å²) in [5, 5.41) is 3.75. The smallest absolute Gasteiger partial charge is 0.273 e. The number of hydrogen-bond donors (Lipinski definition) is 1. The lowest BCUT2D eigenvalue weighted by molar-refractivity contribution is 0.0737. The lowest BCUT2D eigenvalue weighted by atomic mass is 10.1. The first-order valence-corrected chi connectivity index (χ1v) is 8.44. The number of hydrogen-bond acceptors (Lipinski definition) is 4. The van der Waals surface area contributed by atoms with Crippen molar-refractivity contribution >= 4 is 40.4 Å². The molecule has 118 valence electrons. The molecule has 0 saturated carbocycles. The molecule has 1 aromatic carbocycles. The maximum Gasteiger partial charge on any atom is 0.273 e. The van der Waals surface area contributed by atoms with Gasteiger partial charge in [-0.3, -0.25) is 4.79 Å². The molecular formula is C15H17Cl2N3OS. The van der Waals surface area contributed by atoms with Crippen LogP contribution in [0.2, 0.25) is 10.0 Å². The second-order valence-electron chi connectivity index (χ2n) is 4.92. The molecule has 1 aromatic heterocycles. The highest BCUT2D eigenvalue weighted by Crippen LogP contribution is 2.29. The predicted octanol–water partition coefficient (Wildman–Crippen LogP) is 3.78. The van der Waals surface area contributed by atoms with E-state index in [-0.39, 0.29) is 11.9 Å². The Labute approximate surface area is 143 Å². The van der Waals surface area contributed by atoms with E-state index < -0.39 is 0 Å². The van der Waals surface area contributed by atoms with Gasteiger partial charge in [0.05, 0.1) is 11.0 Å². The number of halogens is 2. The number of rotatable bonds is 5. The van der Waals surface area contributed by atoms with Gasteiger partial charge in [-0.05, 0) is 31.2 Å². The molecule has 4 nitrogen and oxygen atoms in total. The molecule has 2 rings (SSSR count). The lowest BCUT2D eigenvalue weighted by Gasteiger charge is -2.25. The van der Waals surface area contributed by atoms with E-state index in [2.05, 4.69) is 4.98 Å². The number of aromatic nitrogens is 1. The van der Waals surface area contributed by atoms with E-state index in [0.29, 0.717) is 28.7 Å². The number of carbonyl (C=O) groups excluding carboxylic acids is 1. The minimum Gasteiger partial charge on any atom is -0.334 e. The van der Waals surface area contributed by atoms with Crippen LogP contribution in [-0.4, -0.2) is 29.4 Å². The van der Waals surface area contributed by atoms with Crippen molar-refractivity contribution in [1.82, 2.24) is 9.88 Å². The second kappa shape index (κ2) is 7.42. The lowest BCUT2D eigenvalue weighted by Crippen LogP contribution is -2.30. The van der Waals surface area contributed by atoms with E-state index in [0.717, 1.165) is 10.6 Å². The van der Waals surface area contributed by atoms with Gasteiger partial charge in [-0.25, -0.2) is 4.98 Å². The van der Waals surface area contributed by atoms with E-state index >= 15 is 0 Å². The third-order valence-corrected chi connectivity index (χ3v) is 4.91. The van der Waals surface area contributed by atoms with Gasteiger partial charge in [0, 0.05) is 28.9 Å². The summed E-state index contributed by atoms with van der Waals surface area (Å²) in [6.07, 6.45) is 0.681. The third kappa shape index (κ3) is 3.79. The van der Waals surface area contributed by atoms with Gasteiger partial charge in [-0.1, -0.05) is 29.3 Å². The van der Waals surface area contributed by atoms with Gasteiger partial charge in [-0.15, -0.1) is 11.3 Å². The van der Waals surface area contributed by atoms with Crippen LogP contribution in [0.25, 0.3) is 0 Å². The van der Waals surface area contributed by atoms with Gasteiger partial charge in [-0.2, -0.15) is 0 Å². The molecule has 0 aliphatic heterocycles. The van der Waals surface area contributed by atoms with Gasteiger partial charge < -0.3 is 10.6 Å². The Hall–Kier alpha value is -1.14. The summed E-state index contributed by atoms with van der Waals surface area (Å²) in [7, 11) is 1.74. The molecule has 0 radical (unpaired) electrons. The SMILES string of the molecule is CC(c1ccc(Cl)cc1Cl)N(C)C(=O)c1csc(CCN)n1. The van der Waals surface area contributed by atoms with Crippen molar-refractivity contribution in [3.05, 3.63) is 49.9 Å². The largest absolute Gasteiger partial charge is 0.334 e. The minimum atomic E-state index is -0.183. The van der Waals surface area contributed by atoms with Crippen LogP contribution in [-0.2, 0) is 6.42 Å². The third-order valence-electron chi connectivity index (χ3n) is 3.44. The van der Waals surface area contributed by atoms with Gasteiger partial charge in [0.15, 0.2) is 0 Å². The van der Waals surface area contributed by atoms with Crippen LogP contribution >= 0.6 is 34.5 Å². The monoisotopic (exact) mass is 357 g/mol. The number of benzene rings is 1. The van der Waals surface area contributed by atoms with E-state index in [1.165, 1.54) is 11.3 Å². The van der Waals surface area contributed by atoms with E-state index in [1.54, 1.807) is 29.5 Å². The molecule has 0 saturated heterocycles. The Balaban J connectivity index is 2.18. The highest BCUT2D eigenvalue weighted by molar-refractivity contribution is 7.09. The summed E-state index contributed by atoms with van der Waals surface area (Å²) in [5.74, 6) is -0.141. The van der Waals surface area contributed by atoms with Gasteiger partial charge >= 0.3 is 0 Å². The Bertz CT molecular complexity index is 675. The number of nitrogens with zero attached hydrogens (tertiary/aromatic N) is 2. The summed E-state index contributed by atoms with van der Waals surface area (Å²) in [5.41, 5.74) is 6.79. The Morgan fingerprint density at radius 3 is 2.82 bits per heavy atom. The Morgan fingerprint density at radius 1 is 1.45 bits per heavy atom. The number of nitrogens with two attached hydrogens (primary N) is 1. The topological polar surface area (TPSA) is 59.2 Å². The van der Waals surface area contributed by atoms with Crippen molar-refractivity contribution in [2.24, 2.45) is 5.73 Å². The van der Waals surface area contributed by atoms with Crippen molar-refractivity contribution < 1.29 is 4.79 Å². The first-order valence-electron chi connectivity index (χ1n) is 6.80. The van der Waals surface area contributed by atoms with E-state index in [1.807, 2.05) is 13.0 Å². The highest BCUT2D eigenvalue weighted by Gasteiger charge is 2.22. The minimum absolute atomic E-state index is 0.141. The second-order valence-corrected chi connectivity index (χ2v) is 6.71. The molecule has 1 amide bonds. The zero-order valence-corrected chi connectivity index (χ0v) is 14.7. The summed E-state index contributed by atoms with van der Waals surface area (Å²) < 4.78 is 0. The van der Waals surface area contributed by atoms with E-state index in [4.69, 9.17) is 28.9 Å². The van der Waals surface area contributed by atoms with Crippen molar-refractivity contribution in [2.45, 2.75) is 19.4 Å². The van der Waals surface area contributed by atoms with Crippen molar-refractivity contribution in [3.8, 4) is 0 Å². The maximum atomic E-state index is 12.5. The molecule has 2 aromatic rings. The molecule has 1 heterocycles. The van der Waals surface area contributed by atoms with Gasteiger partial charge in [0.1, 0.15) is 5.69 Å². The standard InChI is InChI=1S/C15H17Cl2N3OS/c1-9(11-4-3-10(16)7-12(11)17)20(2)15(21)13-8-22-14(19-13)5-6-18/h3-4,7-9H,5-6,18H2,1-2H3. The molecule has 0 aliphatic rings. The van der Waals surface area contributed by atoms with Crippen LogP contribution < -0.4 is 5.73 Å². The van der Waals surface area contributed by atoms with Crippen LogP contribution in [0.15, 0.2) is 23.6 Å². The van der Waals surface area contributed by atoms with Gasteiger partial charge in [0.25, 0.3) is 5.91 Å². The number of carbonyl (C=O) groups is 1. The molecule has 0 fully saturated rings. The molecule has 2 N–H and O–H groups in total. The zero-order chi connectivity index (χ0) is 16.3. The summed E-state index contributed by atoms with van der Waals surface area (Å²) in [6, 6.07) is 5.09. The zero-order valence-electron chi connectivity index (χ0n) is 12.3. The average molecular weight is 358 g/mol. The molecule has 0 spiro atoms. The van der Waals surface area contributed by atoms with Crippen LogP contribution in [0.3, 0.4) is 0 Å². The fraction of sp³-hybridized carbons (Fsp3) is 0.333. The predicted molar refractivity (Wildman–Crippen MR) is 91.8 cm³/mol. The summed E-state index contributed by atoms with van der Waals surface area (Å²) >= 11 is 13.6. The van der Waals surface area contributed by atoms with Crippen molar-refractivity contribution in [1.29, 1.82) is 0 Å². The molecule has 7 heteroatoms. The van der Waals surface area contributed by atoms with E-state index in [9.17, 15) is 4.79 Å². The number of amides is 1. The first kappa shape index (κ1) is 17.2. The Kier molecular flexibility index (Phi) is 5.81. The van der Waals surface area contributed by atoms with Crippen LogP contribution in [0.1, 0.15) is 34.0 Å². The molecule has 1 unspecified atom stereocenters. The number of thiazole rings is 1. The molecule has 22 heavy (non-hydrogen) atoms. The van der Waals surface area contributed by atoms with Crippen LogP contribution in [0, 0.1) is 0 Å². The summed E-state index contributed by atoms with van der Waals surface area (Å²) in [6.45, 7) is 2.44. The van der Waals surface area contributed by atoms with Crippen LogP contribution in [0.4, 0.5) is 0 Å². The average Bonchev–Trinajstić information content (AvgIpc) is 2.94. The van der Waals surface area contributed by atoms with Crippen molar-refractivity contribution in [2.75, 3.05) is 13.6 Å². The molecular weight excluding hydrogens is 341 g/mol. The normalized spacial score (nSPS) is 12.2. The highest BCUT2D eigenvalue weighted by atomic mass is 35.5. The first-order chi connectivity index (χ1) is 10.4. The fourth-order valence-corrected chi connectivity index (χ4v) is 3.41. The van der Waals surface area contributed by atoms with Gasteiger partial charge in [0.2, 0.25) is 0 Å². The Morgan fingerprint density at radius 2 is 2.18 bits per heavy atom. The molecule has 0 aliphatic carbocycles. The molecule has 1 atom stereocenters. The molecule has 0 bridgehead atoms. The van der Waals surface area contributed by atoms with Crippen molar-refractivity contribution in [3.63, 3.8) is 0 Å². The quantitative estimate of drug-likeness (QED) is 0.885.